The summed E-state index contributed by atoms with van der Waals surface area (Å²) in [5.41, 5.74) is 4.59. The molecule has 5 heteroatoms. The molecule has 0 bridgehead atoms. The van der Waals surface area contributed by atoms with Gasteiger partial charge in [-0.2, -0.15) is 0 Å². The van der Waals surface area contributed by atoms with E-state index in [4.69, 9.17) is 25.8 Å². The van der Waals surface area contributed by atoms with Crippen molar-refractivity contribution in [1.29, 1.82) is 0 Å². The number of esters is 1. The molecule has 0 radical (unpaired) electrons. The highest BCUT2D eigenvalue weighted by molar-refractivity contribution is 6.30. The smallest absolute Gasteiger partial charge is 0.315 e. The normalized spacial score (nSPS) is 13.2. The van der Waals surface area contributed by atoms with E-state index in [1.54, 1.807) is 12.1 Å². The lowest BCUT2D eigenvalue weighted by Crippen LogP contribution is -2.17. The van der Waals surface area contributed by atoms with Gasteiger partial charge in [-0.25, -0.2) is 0 Å². The molecular formula is C19H19ClO4. The second-order valence-electron chi connectivity index (χ2n) is 6.04. The van der Waals surface area contributed by atoms with Gasteiger partial charge in [-0.15, -0.1) is 0 Å². The molecule has 0 saturated carbocycles. The fourth-order valence-electron chi connectivity index (χ4n) is 3.02. The van der Waals surface area contributed by atoms with Gasteiger partial charge in [0.05, 0.1) is 13.0 Å². The second kappa shape index (κ2) is 6.83. The number of carbonyl (C=O) groups is 1. The lowest BCUT2D eigenvalue weighted by Gasteiger charge is -2.21. The minimum Gasteiger partial charge on any atom is -0.467 e. The molecule has 0 fully saturated rings. The van der Waals surface area contributed by atoms with Crippen LogP contribution < -0.4 is 9.47 Å². The van der Waals surface area contributed by atoms with Crippen molar-refractivity contribution in [2.75, 3.05) is 6.79 Å². The summed E-state index contributed by atoms with van der Waals surface area (Å²) in [7, 11) is 0. The molecule has 1 aliphatic rings. The average Bonchev–Trinajstić information content (AvgIpc) is 2.50. The van der Waals surface area contributed by atoms with Crippen molar-refractivity contribution in [1.82, 2.24) is 0 Å². The van der Waals surface area contributed by atoms with Crippen molar-refractivity contribution < 1.29 is 19.0 Å². The van der Waals surface area contributed by atoms with Crippen LogP contribution in [0.25, 0.3) is 0 Å². The van der Waals surface area contributed by atoms with E-state index in [2.05, 4.69) is 0 Å². The van der Waals surface area contributed by atoms with Gasteiger partial charge in [0.25, 0.3) is 0 Å². The first-order valence-electron chi connectivity index (χ1n) is 7.74. The van der Waals surface area contributed by atoms with Crippen molar-refractivity contribution in [2.45, 2.75) is 33.8 Å². The van der Waals surface area contributed by atoms with Crippen LogP contribution in [0.5, 0.6) is 11.5 Å². The molecule has 1 heterocycles. The highest BCUT2D eigenvalue weighted by Crippen LogP contribution is 2.32. The first-order valence-corrected chi connectivity index (χ1v) is 8.12. The van der Waals surface area contributed by atoms with Crippen LogP contribution in [0, 0.1) is 20.8 Å². The van der Waals surface area contributed by atoms with Crippen molar-refractivity contribution in [3.8, 4) is 11.5 Å². The zero-order valence-corrected chi connectivity index (χ0v) is 14.7. The molecule has 126 valence electrons. The van der Waals surface area contributed by atoms with Gasteiger partial charge in [0.2, 0.25) is 0 Å². The molecule has 0 saturated heterocycles. The SMILES string of the molecule is Cc1cc(C)c(OC(=O)Cc2cc(Cl)cc3c2OCOC3)c(C)c1. The zero-order valence-electron chi connectivity index (χ0n) is 13.9. The topological polar surface area (TPSA) is 44.8 Å². The molecule has 2 aromatic carbocycles. The van der Waals surface area contributed by atoms with Crippen LogP contribution in [-0.4, -0.2) is 12.8 Å². The standard InChI is InChI=1S/C19H19ClO4/c1-11-4-12(2)18(13(3)5-11)24-17(21)8-14-6-16(20)7-15-9-22-10-23-19(14)15/h4-7H,8-10H2,1-3H3. The third kappa shape index (κ3) is 3.55. The van der Waals surface area contributed by atoms with Gasteiger partial charge >= 0.3 is 5.97 Å². The number of hydrogen-bond acceptors (Lipinski definition) is 4. The minimum absolute atomic E-state index is 0.0929. The Balaban J connectivity index is 1.82. The molecule has 3 rings (SSSR count). The van der Waals surface area contributed by atoms with E-state index < -0.39 is 0 Å². The maximum Gasteiger partial charge on any atom is 0.315 e. The van der Waals surface area contributed by atoms with E-state index in [-0.39, 0.29) is 19.2 Å². The van der Waals surface area contributed by atoms with Gasteiger partial charge in [0.15, 0.2) is 6.79 Å². The Hall–Kier alpha value is -2.04. The highest BCUT2D eigenvalue weighted by Gasteiger charge is 2.20. The van der Waals surface area contributed by atoms with Crippen molar-refractivity contribution in [3.63, 3.8) is 0 Å². The second-order valence-corrected chi connectivity index (χ2v) is 6.48. The summed E-state index contributed by atoms with van der Waals surface area (Å²) >= 11 is 6.13. The van der Waals surface area contributed by atoms with Crippen LogP contribution in [0.3, 0.4) is 0 Å². The molecule has 0 unspecified atom stereocenters. The van der Waals surface area contributed by atoms with Crippen molar-refractivity contribution in [3.05, 3.63) is 57.1 Å². The van der Waals surface area contributed by atoms with Crippen LogP contribution in [0.4, 0.5) is 0 Å². The summed E-state index contributed by atoms with van der Waals surface area (Å²) < 4.78 is 16.4. The van der Waals surface area contributed by atoms with E-state index in [0.717, 1.165) is 22.3 Å². The Morgan fingerprint density at radius 1 is 1.17 bits per heavy atom. The number of carbonyl (C=O) groups excluding carboxylic acids is 1. The van der Waals surface area contributed by atoms with Crippen LogP contribution >= 0.6 is 11.6 Å². The number of hydrogen-bond donors (Lipinski definition) is 0. The molecule has 0 aromatic heterocycles. The Morgan fingerprint density at radius 3 is 2.58 bits per heavy atom. The lowest BCUT2D eigenvalue weighted by atomic mass is 10.1. The maximum absolute atomic E-state index is 12.4. The Bertz CT molecular complexity index is 775. The zero-order chi connectivity index (χ0) is 17.3. The number of fused-ring (bicyclic) bond motifs is 1. The monoisotopic (exact) mass is 346 g/mol. The third-order valence-corrected chi connectivity index (χ3v) is 4.13. The summed E-state index contributed by atoms with van der Waals surface area (Å²) in [5, 5.41) is 0.549. The van der Waals surface area contributed by atoms with Gasteiger partial charge in [-0.3, -0.25) is 4.79 Å². The third-order valence-electron chi connectivity index (χ3n) is 3.91. The summed E-state index contributed by atoms with van der Waals surface area (Å²) in [4.78, 5) is 12.4. The Labute approximate surface area is 146 Å². The number of benzene rings is 2. The van der Waals surface area contributed by atoms with Crippen LogP contribution in [0.1, 0.15) is 27.8 Å². The molecule has 1 aliphatic heterocycles. The highest BCUT2D eigenvalue weighted by atomic mass is 35.5. The average molecular weight is 347 g/mol. The van der Waals surface area contributed by atoms with Crippen molar-refractivity contribution in [2.24, 2.45) is 0 Å². The quantitative estimate of drug-likeness (QED) is 0.614. The van der Waals surface area contributed by atoms with E-state index in [1.165, 1.54) is 0 Å². The Morgan fingerprint density at radius 2 is 1.88 bits per heavy atom. The summed E-state index contributed by atoms with van der Waals surface area (Å²) in [5.74, 6) is 0.940. The molecule has 0 amide bonds. The fourth-order valence-corrected chi connectivity index (χ4v) is 3.28. The summed E-state index contributed by atoms with van der Waals surface area (Å²) in [6, 6.07) is 7.52. The molecule has 0 spiro atoms. The van der Waals surface area contributed by atoms with Gasteiger partial charge in [0, 0.05) is 16.1 Å². The van der Waals surface area contributed by atoms with Crippen LogP contribution in [0.2, 0.25) is 5.02 Å². The molecule has 4 nitrogen and oxygen atoms in total. The number of rotatable bonds is 3. The molecule has 0 aliphatic carbocycles. The summed E-state index contributed by atoms with van der Waals surface area (Å²) in [6.45, 7) is 6.48. The number of ether oxygens (including phenoxy) is 3. The van der Waals surface area contributed by atoms with E-state index in [0.29, 0.717) is 28.7 Å². The number of aryl methyl sites for hydroxylation is 3. The Kier molecular flexibility index (Phi) is 4.78. The van der Waals surface area contributed by atoms with E-state index >= 15 is 0 Å². The number of halogens is 1. The predicted molar refractivity (Wildman–Crippen MR) is 91.7 cm³/mol. The minimum atomic E-state index is -0.343. The van der Waals surface area contributed by atoms with Gasteiger partial charge in [0.1, 0.15) is 11.5 Å². The molecular weight excluding hydrogens is 328 g/mol. The van der Waals surface area contributed by atoms with E-state index in [9.17, 15) is 4.79 Å². The maximum atomic E-state index is 12.4. The van der Waals surface area contributed by atoms with Gasteiger partial charge in [-0.1, -0.05) is 29.3 Å². The predicted octanol–water partition coefficient (Wildman–Crippen LogP) is 4.28. The summed E-state index contributed by atoms with van der Waals surface area (Å²) in [6.07, 6.45) is 0.0929. The first-order chi connectivity index (χ1) is 11.4. The lowest BCUT2D eigenvalue weighted by molar-refractivity contribution is -0.133. The molecule has 0 atom stereocenters. The molecule has 0 N–H and O–H groups in total. The molecule has 2 aromatic rings. The van der Waals surface area contributed by atoms with Crippen molar-refractivity contribution >= 4 is 17.6 Å². The van der Waals surface area contributed by atoms with Gasteiger partial charge in [-0.05, 0) is 44.0 Å². The largest absolute Gasteiger partial charge is 0.467 e. The van der Waals surface area contributed by atoms with Gasteiger partial charge < -0.3 is 14.2 Å². The first kappa shape index (κ1) is 16.8. The van der Waals surface area contributed by atoms with Crippen LogP contribution in [0.15, 0.2) is 24.3 Å². The fraction of sp³-hybridized carbons (Fsp3) is 0.316. The van der Waals surface area contributed by atoms with Crippen LogP contribution in [-0.2, 0) is 22.6 Å². The van der Waals surface area contributed by atoms with E-state index in [1.807, 2.05) is 32.9 Å². The molecule has 24 heavy (non-hydrogen) atoms.